The predicted molar refractivity (Wildman–Crippen MR) is 132 cm³/mol. The zero-order chi connectivity index (χ0) is 25.8. The standard InChI is InChI=1S/C26H35N5O5/c1-15-11-17(3-6-22(15)32)12-19(14-28-24(33)16(2)27)26(35)31-9-7-20(8-10-31)29-25(34)21-13-23(36-30-21)18-4-5-18/h3,6,11,13,16,18-20,32H,4-5,7-10,12,14,27H2,1-2H3,(H,28,33)(H,29,34)/t16-,19+/m0/s1. The monoisotopic (exact) mass is 497 g/mol. The first-order valence-electron chi connectivity index (χ1n) is 12.6. The van der Waals surface area contributed by atoms with E-state index in [1.165, 1.54) is 0 Å². The Morgan fingerprint density at radius 3 is 2.56 bits per heavy atom. The Morgan fingerprint density at radius 1 is 1.19 bits per heavy atom. The van der Waals surface area contributed by atoms with Crippen LogP contribution in [0.15, 0.2) is 28.8 Å². The molecule has 1 aliphatic carbocycles. The molecule has 10 nitrogen and oxygen atoms in total. The molecule has 4 rings (SSSR count). The molecule has 2 aliphatic rings. The number of aromatic hydroxyl groups is 1. The number of rotatable bonds is 9. The van der Waals surface area contributed by atoms with Gasteiger partial charge in [-0.15, -0.1) is 0 Å². The van der Waals surface area contributed by atoms with Crippen LogP contribution in [0.2, 0.25) is 0 Å². The molecule has 1 saturated heterocycles. The van der Waals surface area contributed by atoms with Gasteiger partial charge in [-0.3, -0.25) is 14.4 Å². The van der Waals surface area contributed by atoms with Crippen LogP contribution in [0.3, 0.4) is 0 Å². The van der Waals surface area contributed by atoms with E-state index in [2.05, 4.69) is 15.8 Å². The number of hydrogen-bond donors (Lipinski definition) is 4. The second-order valence-electron chi connectivity index (χ2n) is 10.0. The highest BCUT2D eigenvalue weighted by Gasteiger charge is 2.31. The molecule has 36 heavy (non-hydrogen) atoms. The third-order valence-corrected chi connectivity index (χ3v) is 6.91. The molecule has 2 heterocycles. The maximum atomic E-state index is 13.4. The number of phenols is 1. The van der Waals surface area contributed by atoms with Crippen molar-refractivity contribution in [2.45, 2.75) is 64.0 Å². The Kier molecular flexibility index (Phi) is 7.93. The van der Waals surface area contributed by atoms with Crippen molar-refractivity contribution < 1.29 is 24.0 Å². The van der Waals surface area contributed by atoms with Gasteiger partial charge in [-0.05, 0) is 63.1 Å². The molecule has 0 bridgehead atoms. The molecular weight excluding hydrogens is 462 g/mol. The van der Waals surface area contributed by atoms with E-state index in [0.717, 1.165) is 29.7 Å². The number of likely N-dealkylation sites (tertiary alicyclic amines) is 1. The first-order chi connectivity index (χ1) is 17.2. The molecule has 1 aromatic heterocycles. The number of phenolic OH excluding ortho intramolecular Hbond substituents is 1. The molecule has 0 radical (unpaired) electrons. The van der Waals surface area contributed by atoms with Crippen molar-refractivity contribution in [1.29, 1.82) is 0 Å². The van der Waals surface area contributed by atoms with Crippen molar-refractivity contribution >= 4 is 17.7 Å². The summed E-state index contributed by atoms with van der Waals surface area (Å²) in [5.41, 5.74) is 7.59. The molecule has 2 atom stereocenters. The van der Waals surface area contributed by atoms with Gasteiger partial charge < -0.3 is 30.9 Å². The Morgan fingerprint density at radius 2 is 1.92 bits per heavy atom. The average Bonchev–Trinajstić information content (AvgIpc) is 3.59. The molecule has 2 aromatic rings. The summed E-state index contributed by atoms with van der Waals surface area (Å²) >= 11 is 0. The fourth-order valence-corrected chi connectivity index (χ4v) is 4.48. The molecule has 2 fully saturated rings. The Hall–Kier alpha value is -3.40. The minimum Gasteiger partial charge on any atom is -0.508 e. The van der Waals surface area contributed by atoms with Gasteiger partial charge in [0, 0.05) is 37.7 Å². The smallest absolute Gasteiger partial charge is 0.273 e. The fourth-order valence-electron chi connectivity index (χ4n) is 4.48. The number of hydrogen-bond acceptors (Lipinski definition) is 7. The number of nitrogens with zero attached hydrogens (tertiary/aromatic N) is 2. The summed E-state index contributed by atoms with van der Waals surface area (Å²) in [6.45, 7) is 4.58. The molecular formula is C26H35N5O5. The second-order valence-corrected chi connectivity index (χ2v) is 10.0. The lowest BCUT2D eigenvalue weighted by atomic mass is 9.94. The molecule has 1 aromatic carbocycles. The van der Waals surface area contributed by atoms with Crippen LogP contribution in [-0.4, -0.2) is 64.6 Å². The van der Waals surface area contributed by atoms with Gasteiger partial charge in [0.2, 0.25) is 11.8 Å². The molecule has 0 spiro atoms. The number of benzene rings is 1. The van der Waals surface area contributed by atoms with Crippen LogP contribution in [0.25, 0.3) is 0 Å². The van der Waals surface area contributed by atoms with Crippen molar-refractivity contribution in [2.75, 3.05) is 19.6 Å². The third kappa shape index (κ3) is 6.42. The van der Waals surface area contributed by atoms with Gasteiger partial charge in [0.15, 0.2) is 5.69 Å². The Bertz CT molecular complexity index is 1100. The normalized spacial score (nSPS) is 17.9. The molecule has 194 valence electrons. The highest BCUT2D eigenvalue weighted by molar-refractivity contribution is 5.92. The quantitative estimate of drug-likeness (QED) is 0.411. The van der Waals surface area contributed by atoms with Crippen molar-refractivity contribution in [3.63, 3.8) is 0 Å². The number of amides is 3. The maximum absolute atomic E-state index is 13.4. The van der Waals surface area contributed by atoms with Crippen molar-refractivity contribution in [3.05, 3.63) is 46.8 Å². The highest BCUT2D eigenvalue weighted by atomic mass is 16.5. The number of nitrogens with one attached hydrogen (secondary N) is 2. The minimum atomic E-state index is -0.666. The molecule has 5 N–H and O–H groups in total. The van der Waals surface area contributed by atoms with Gasteiger partial charge in [0.25, 0.3) is 5.91 Å². The molecule has 10 heteroatoms. The number of piperidine rings is 1. The van der Waals surface area contributed by atoms with Gasteiger partial charge in [0.1, 0.15) is 11.5 Å². The van der Waals surface area contributed by atoms with E-state index in [0.29, 0.717) is 44.0 Å². The van der Waals surface area contributed by atoms with Gasteiger partial charge >= 0.3 is 0 Å². The summed E-state index contributed by atoms with van der Waals surface area (Å²) in [6, 6.07) is 6.25. The summed E-state index contributed by atoms with van der Waals surface area (Å²) in [4.78, 5) is 39.9. The van der Waals surface area contributed by atoms with Crippen LogP contribution >= 0.6 is 0 Å². The molecule has 3 amide bonds. The largest absolute Gasteiger partial charge is 0.508 e. The third-order valence-electron chi connectivity index (χ3n) is 6.91. The average molecular weight is 498 g/mol. The van der Waals surface area contributed by atoms with E-state index in [-0.39, 0.29) is 36.1 Å². The zero-order valence-electron chi connectivity index (χ0n) is 20.8. The van der Waals surface area contributed by atoms with Crippen LogP contribution in [0, 0.1) is 12.8 Å². The fraction of sp³-hybridized carbons (Fsp3) is 0.538. The zero-order valence-corrected chi connectivity index (χ0v) is 20.8. The molecule has 1 aliphatic heterocycles. The summed E-state index contributed by atoms with van der Waals surface area (Å²) in [5.74, 6) is 0.268. The van der Waals surface area contributed by atoms with Crippen LogP contribution in [0.5, 0.6) is 5.75 Å². The topological polar surface area (TPSA) is 151 Å². The summed E-state index contributed by atoms with van der Waals surface area (Å²) in [7, 11) is 0. The number of aromatic nitrogens is 1. The second kappa shape index (κ2) is 11.1. The van der Waals surface area contributed by atoms with Crippen LogP contribution < -0.4 is 16.4 Å². The minimum absolute atomic E-state index is 0.0546. The number of carbonyl (C=O) groups excluding carboxylic acids is 3. The Balaban J connectivity index is 1.34. The lowest BCUT2D eigenvalue weighted by molar-refractivity contribution is -0.136. The van der Waals surface area contributed by atoms with E-state index in [9.17, 15) is 19.5 Å². The van der Waals surface area contributed by atoms with E-state index < -0.39 is 12.0 Å². The van der Waals surface area contributed by atoms with Gasteiger partial charge in [-0.1, -0.05) is 17.3 Å². The van der Waals surface area contributed by atoms with Gasteiger partial charge in [-0.25, -0.2) is 0 Å². The number of carbonyl (C=O) groups is 3. The lowest BCUT2D eigenvalue weighted by Crippen LogP contribution is -2.50. The van der Waals surface area contributed by atoms with Crippen LogP contribution in [0.1, 0.15) is 65.9 Å². The van der Waals surface area contributed by atoms with Crippen LogP contribution in [-0.2, 0) is 16.0 Å². The maximum Gasteiger partial charge on any atom is 0.273 e. The van der Waals surface area contributed by atoms with E-state index in [4.69, 9.17) is 10.3 Å². The van der Waals surface area contributed by atoms with E-state index >= 15 is 0 Å². The number of nitrogens with two attached hydrogens (primary N) is 1. The first-order valence-corrected chi connectivity index (χ1v) is 12.6. The summed E-state index contributed by atoms with van der Waals surface area (Å²) < 4.78 is 5.28. The van der Waals surface area contributed by atoms with Crippen molar-refractivity contribution in [1.82, 2.24) is 20.7 Å². The summed E-state index contributed by atoms with van der Waals surface area (Å²) in [5, 5.41) is 19.5. The highest BCUT2D eigenvalue weighted by Crippen LogP contribution is 2.40. The number of aryl methyl sites for hydroxylation is 1. The summed E-state index contributed by atoms with van der Waals surface area (Å²) in [6.07, 6.45) is 3.82. The van der Waals surface area contributed by atoms with Gasteiger partial charge in [0.05, 0.1) is 12.0 Å². The van der Waals surface area contributed by atoms with Crippen molar-refractivity contribution in [2.24, 2.45) is 11.7 Å². The van der Waals surface area contributed by atoms with Crippen molar-refractivity contribution in [3.8, 4) is 5.75 Å². The lowest BCUT2D eigenvalue weighted by Gasteiger charge is -2.34. The SMILES string of the molecule is Cc1cc(C[C@H](CNC(=O)[C@H](C)N)C(=O)N2CCC(NC(=O)c3cc(C4CC4)on3)CC2)ccc1O. The van der Waals surface area contributed by atoms with E-state index in [1.807, 2.05) is 6.07 Å². The Labute approximate surface area is 210 Å². The molecule has 0 unspecified atom stereocenters. The first kappa shape index (κ1) is 25.7. The van der Waals surface area contributed by atoms with Gasteiger partial charge in [-0.2, -0.15) is 0 Å². The molecule has 1 saturated carbocycles. The predicted octanol–water partition coefficient (Wildman–Crippen LogP) is 1.61. The van der Waals surface area contributed by atoms with Crippen LogP contribution in [0.4, 0.5) is 0 Å². The van der Waals surface area contributed by atoms with E-state index in [1.54, 1.807) is 36.9 Å².